The Bertz CT molecular complexity index is 587. The first-order chi connectivity index (χ1) is 10.6. The molecule has 118 valence electrons. The summed E-state index contributed by atoms with van der Waals surface area (Å²) in [5.41, 5.74) is 3.91. The van der Waals surface area contributed by atoms with Crippen molar-refractivity contribution in [2.75, 3.05) is 30.5 Å². The van der Waals surface area contributed by atoms with E-state index >= 15 is 0 Å². The molecule has 0 fully saturated rings. The lowest BCUT2D eigenvalue weighted by atomic mass is 10.0. The Hall–Kier alpha value is -2.07. The quantitative estimate of drug-likeness (QED) is 0.401. The van der Waals surface area contributed by atoms with Gasteiger partial charge in [-0.05, 0) is 49.6 Å². The number of rotatable bonds is 4. The van der Waals surface area contributed by atoms with Crippen molar-refractivity contribution in [3.05, 3.63) is 48.2 Å². The summed E-state index contributed by atoms with van der Waals surface area (Å²) < 4.78 is 0. The van der Waals surface area contributed by atoms with E-state index in [9.17, 15) is 0 Å². The van der Waals surface area contributed by atoms with E-state index in [-0.39, 0.29) is 0 Å². The van der Waals surface area contributed by atoms with E-state index in [1.165, 1.54) is 17.7 Å². The molecule has 1 aliphatic heterocycles. The normalized spacial score (nSPS) is 15.6. The highest BCUT2D eigenvalue weighted by Gasteiger charge is 2.14. The van der Waals surface area contributed by atoms with Gasteiger partial charge in [0.05, 0.1) is 11.9 Å². The molecule has 0 atom stereocenters. The van der Waals surface area contributed by atoms with E-state index in [1.807, 2.05) is 55.6 Å². The SMILES string of the molecule is C/C=C\C=C\[NH2+]/C(C)=N/N(C)c1ccc2c(c1)CCCN2C. The molecule has 1 aromatic carbocycles. The third-order valence-electron chi connectivity index (χ3n) is 3.85. The third-order valence-corrected chi connectivity index (χ3v) is 3.85. The molecule has 0 unspecified atom stereocenters. The van der Waals surface area contributed by atoms with Gasteiger partial charge in [-0.3, -0.25) is 10.3 Å². The Morgan fingerprint density at radius 3 is 2.95 bits per heavy atom. The predicted molar refractivity (Wildman–Crippen MR) is 95.4 cm³/mol. The number of hydrogen-bond donors (Lipinski definition) is 1. The van der Waals surface area contributed by atoms with Crippen LogP contribution in [0.2, 0.25) is 0 Å². The van der Waals surface area contributed by atoms with Crippen molar-refractivity contribution in [2.24, 2.45) is 5.10 Å². The van der Waals surface area contributed by atoms with Crippen molar-refractivity contribution in [1.82, 2.24) is 0 Å². The molecule has 4 nitrogen and oxygen atoms in total. The maximum atomic E-state index is 4.62. The number of amidine groups is 1. The summed E-state index contributed by atoms with van der Waals surface area (Å²) in [6.07, 6.45) is 10.4. The standard InChI is InChI=1S/C18H26N4/c1-5-6-7-12-19-15(2)20-22(4)17-10-11-18-16(14-17)9-8-13-21(18)3/h5-7,10-12,14H,8-9,13H2,1-4H3,(H,19,20)/p+1/b6-5-,12-7+. The third kappa shape index (κ3) is 4.21. The van der Waals surface area contributed by atoms with Crippen LogP contribution >= 0.6 is 0 Å². The number of fused-ring (bicyclic) bond motifs is 1. The molecular weight excluding hydrogens is 272 g/mol. The van der Waals surface area contributed by atoms with Gasteiger partial charge in [0.15, 0.2) is 0 Å². The van der Waals surface area contributed by atoms with Crippen LogP contribution in [0.1, 0.15) is 25.8 Å². The van der Waals surface area contributed by atoms with E-state index in [0.717, 1.165) is 24.5 Å². The summed E-state index contributed by atoms with van der Waals surface area (Å²) >= 11 is 0. The van der Waals surface area contributed by atoms with E-state index in [1.54, 1.807) is 0 Å². The minimum Gasteiger partial charge on any atom is -0.374 e. The molecule has 0 aliphatic carbocycles. The number of aryl methyl sites for hydroxylation is 1. The molecule has 0 radical (unpaired) electrons. The molecule has 2 rings (SSSR count). The van der Waals surface area contributed by atoms with Crippen molar-refractivity contribution in [3.63, 3.8) is 0 Å². The highest BCUT2D eigenvalue weighted by molar-refractivity contribution is 5.71. The molecule has 1 aliphatic rings. The van der Waals surface area contributed by atoms with E-state index in [4.69, 9.17) is 0 Å². The summed E-state index contributed by atoms with van der Waals surface area (Å²) in [4.78, 5) is 2.33. The minimum absolute atomic E-state index is 0.984. The first kappa shape index (κ1) is 16.3. The number of quaternary nitrogens is 1. The molecule has 1 heterocycles. The molecule has 0 amide bonds. The van der Waals surface area contributed by atoms with Crippen molar-refractivity contribution in [2.45, 2.75) is 26.7 Å². The van der Waals surface area contributed by atoms with Crippen LogP contribution in [-0.4, -0.2) is 26.5 Å². The van der Waals surface area contributed by atoms with Gasteiger partial charge < -0.3 is 4.90 Å². The highest BCUT2D eigenvalue weighted by Crippen LogP contribution is 2.29. The van der Waals surface area contributed by atoms with Gasteiger partial charge >= 0.3 is 0 Å². The van der Waals surface area contributed by atoms with Crippen molar-refractivity contribution >= 4 is 17.2 Å². The van der Waals surface area contributed by atoms with E-state index in [0.29, 0.717) is 0 Å². The molecule has 1 aromatic rings. The Labute approximate surface area is 133 Å². The van der Waals surface area contributed by atoms with Crippen LogP contribution in [0.3, 0.4) is 0 Å². The average molecular weight is 299 g/mol. The Morgan fingerprint density at radius 1 is 1.36 bits per heavy atom. The Balaban J connectivity index is 2.07. The maximum absolute atomic E-state index is 4.62. The van der Waals surface area contributed by atoms with Crippen LogP contribution in [0.5, 0.6) is 0 Å². The van der Waals surface area contributed by atoms with Gasteiger partial charge in [0.2, 0.25) is 5.84 Å². The molecular formula is C18H27N4+. The zero-order chi connectivity index (χ0) is 15.9. The lowest BCUT2D eigenvalue weighted by Crippen LogP contribution is -2.81. The van der Waals surface area contributed by atoms with Gasteiger partial charge in [-0.25, -0.2) is 0 Å². The van der Waals surface area contributed by atoms with Gasteiger partial charge in [0, 0.05) is 33.3 Å². The summed E-state index contributed by atoms with van der Waals surface area (Å²) in [6, 6.07) is 6.62. The zero-order valence-electron chi connectivity index (χ0n) is 14.1. The fourth-order valence-electron chi connectivity index (χ4n) is 2.67. The van der Waals surface area contributed by atoms with Crippen LogP contribution in [0, 0.1) is 0 Å². The predicted octanol–water partition coefficient (Wildman–Crippen LogP) is 2.49. The number of nitrogens with zero attached hydrogens (tertiary/aromatic N) is 3. The molecule has 22 heavy (non-hydrogen) atoms. The van der Waals surface area contributed by atoms with Crippen LogP contribution < -0.4 is 15.2 Å². The Morgan fingerprint density at radius 2 is 2.18 bits per heavy atom. The second-order valence-electron chi connectivity index (χ2n) is 5.68. The number of nitrogens with two attached hydrogens (primary N) is 1. The highest BCUT2D eigenvalue weighted by atomic mass is 15.5. The first-order valence-corrected chi connectivity index (χ1v) is 7.87. The van der Waals surface area contributed by atoms with Crippen molar-refractivity contribution in [1.29, 1.82) is 0 Å². The van der Waals surface area contributed by atoms with Gasteiger partial charge in [0.1, 0.15) is 0 Å². The van der Waals surface area contributed by atoms with Gasteiger partial charge in [-0.15, -0.1) is 5.10 Å². The maximum Gasteiger partial charge on any atom is 0.218 e. The van der Waals surface area contributed by atoms with Gasteiger partial charge in [-0.1, -0.05) is 12.2 Å². The van der Waals surface area contributed by atoms with Crippen LogP contribution in [0.25, 0.3) is 0 Å². The lowest BCUT2D eigenvalue weighted by Gasteiger charge is -2.28. The van der Waals surface area contributed by atoms with Crippen molar-refractivity contribution < 1.29 is 5.32 Å². The first-order valence-electron chi connectivity index (χ1n) is 7.87. The summed E-state index contributed by atoms with van der Waals surface area (Å²) in [5.74, 6) is 0.984. The second kappa shape index (κ2) is 7.80. The van der Waals surface area contributed by atoms with E-state index in [2.05, 4.69) is 35.2 Å². The molecule has 0 saturated carbocycles. The zero-order valence-corrected chi connectivity index (χ0v) is 14.1. The molecule has 0 bridgehead atoms. The molecule has 0 spiro atoms. The molecule has 0 saturated heterocycles. The monoisotopic (exact) mass is 299 g/mol. The van der Waals surface area contributed by atoms with E-state index < -0.39 is 0 Å². The smallest absolute Gasteiger partial charge is 0.218 e. The fourth-order valence-corrected chi connectivity index (χ4v) is 2.67. The van der Waals surface area contributed by atoms with Gasteiger partial charge in [0.25, 0.3) is 0 Å². The summed E-state index contributed by atoms with van der Waals surface area (Å²) in [6.45, 7) is 5.17. The average Bonchev–Trinajstić information content (AvgIpc) is 2.51. The Kier molecular flexibility index (Phi) is 5.78. The molecule has 2 N–H and O–H groups in total. The number of anilines is 2. The summed E-state index contributed by atoms with van der Waals surface area (Å²) in [5, 5.41) is 8.58. The van der Waals surface area contributed by atoms with Gasteiger partial charge in [-0.2, -0.15) is 0 Å². The van der Waals surface area contributed by atoms with Crippen molar-refractivity contribution in [3.8, 4) is 0 Å². The second-order valence-corrected chi connectivity index (χ2v) is 5.68. The van der Waals surface area contributed by atoms with Crippen LogP contribution in [-0.2, 0) is 6.42 Å². The number of benzene rings is 1. The van der Waals surface area contributed by atoms with Crippen LogP contribution in [0.4, 0.5) is 11.4 Å². The van der Waals surface area contributed by atoms with Crippen LogP contribution in [0.15, 0.2) is 47.7 Å². The topological polar surface area (TPSA) is 35.5 Å². The number of hydrazone groups is 1. The molecule has 4 heteroatoms. The number of allylic oxidation sites excluding steroid dienone is 3. The number of hydrogen-bond acceptors (Lipinski definition) is 3. The minimum atomic E-state index is 0.984. The summed E-state index contributed by atoms with van der Waals surface area (Å²) in [7, 11) is 4.16. The molecule has 0 aromatic heterocycles. The lowest BCUT2D eigenvalue weighted by molar-refractivity contribution is -0.463. The largest absolute Gasteiger partial charge is 0.374 e. The fraction of sp³-hybridized carbons (Fsp3) is 0.389.